The molecule has 0 atom stereocenters. The molecule has 1 aliphatic heterocycles. The molecule has 1 N–H and O–H groups in total. The van der Waals surface area contributed by atoms with Gasteiger partial charge in [-0.3, -0.25) is 0 Å². The molecule has 1 saturated carbocycles. The third-order valence-corrected chi connectivity index (χ3v) is 5.59. The lowest BCUT2D eigenvalue weighted by atomic mass is 9.86. The van der Waals surface area contributed by atoms with Crippen molar-refractivity contribution >= 4 is 9.84 Å². The first-order chi connectivity index (χ1) is 6.99. The Balaban J connectivity index is 1.86. The minimum Gasteiger partial charge on any atom is -0.390 e. The molecule has 0 aromatic heterocycles. The fourth-order valence-electron chi connectivity index (χ4n) is 2.92. The Hall–Kier alpha value is -0.0900. The predicted octanol–water partition coefficient (Wildman–Crippen LogP) is 1.51. The molecule has 88 valence electrons. The van der Waals surface area contributed by atoms with Crippen LogP contribution in [0.2, 0.25) is 0 Å². The van der Waals surface area contributed by atoms with Crippen molar-refractivity contribution in [2.75, 3.05) is 11.5 Å². The maximum Gasteiger partial charge on any atom is 0.150 e. The summed E-state index contributed by atoms with van der Waals surface area (Å²) in [6.07, 6.45) is 6.41. The van der Waals surface area contributed by atoms with Crippen molar-refractivity contribution in [1.82, 2.24) is 0 Å². The first-order valence-corrected chi connectivity index (χ1v) is 7.74. The average molecular weight is 232 g/mol. The molecule has 0 aromatic rings. The van der Waals surface area contributed by atoms with E-state index < -0.39 is 15.4 Å². The van der Waals surface area contributed by atoms with Crippen LogP contribution in [0.3, 0.4) is 0 Å². The van der Waals surface area contributed by atoms with E-state index in [1.54, 1.807) is 0 Å². The van der Waals surface area contributed by atoms with Gasteiger partial charge in [0.15, 0.2) is 0 Å². The summed E-state index contributed by atoms with van der Waals surface area (Å²) in [6.45, 7) is 0. The standard InChI is InChI=1S/C11H20O3S/c12-11(5-1-2-6-11)9-10-3-7-15(13,14)8-4-10/h10,12H,1-9H2. The van der Waals surface area contributed by atoms with Crippen molar-refractivity contribution in [3.63, 3.8) is 0 Å². The summed E-state index contributed by atoms with van der Waals surface area (Å²) in [7, 11) is -2.75. The Labute approximate surface area is 91.8 Å². The smallest absolute Gasteiger partial charge is 0.150 e. The fraction of sp³-hybridized carbons (Fsp3) is 1.00. The molecule has 2 aliphatic rings. The molecule has 1 heterocycles. The van der Waals surface area contributed by atoms with Gasteiger partial charge in [-0.25, -0.2) is 8.42 Å². The summed E-state index contributed by atoms with van der Waals surface area (Å²) in [4.78, 5) is 0. The molecular weight excluding hydrogens is 212 g/mol. The van der Waals surface area contributed by atoms with Gasteiger partial charge in [-0.05, 0) is 38.0 Å². The normalized spacial score (nSPS) is 30.5. The van der Waals surface area contributed by atoms with E-state index >= 15 is 0 Å². The van der Waals surface area contributed by atoms with Crippen molar-refractivity contribution in [2.24, 2.45) is 5.92 Å². The van der Waals surface area contributed by atoms with E-state index in [0.29, 0.717) is 17.4 Å². The maximum atomic E-state index is 11.3. The Morgan fingerprint density at radius 3 is 2.20 bits per heavy atom. The van der Waals surface area contributed by atoms with Crippen LogP contribution < -0.4 is 0 Å². The van der Waals surface area contributed by atoms with Crippen molar-refractivity contribution in [2.45, 2.75) is 50.5 Å². The Kier molecular flexibility index (Phi) is 3.08. The summed E-state index contributed by atoms with van der Waals surface area (Å²) in [6, 6.07) is 0. The lowest BCUT2D eigenvalue weighted by molar-refractivity contribution is 0.0206. The van der Waals surface area contributed by atoms with Crippen molar-refractivity contribution in [1.29, 1.82) is 0 Å². The molecular formula is C11H20O3S. The Bertz CT molecular complexity index is 301. The average Bonchev–Trinajstić information content (AvgIpc) is 2.57. The summed E-state index contributed by atoms with van der Waals surface area (Å²) >= 11 is 0. The van der Waals surface area contributed by atoms with E-state index in [1.165, 1.54) is 0 Å². The van der Waals surface area contributed by atoms with E-state index in [9.17, 15) is 13.5 Å². The van der Waals surface area contributed by atoms with Gasteiger partial charge in [0.2, 0.25) is 0 Å². The molecule has 0 amide bonds. The third kappa shape index (κ3) is 2.94. The lowest BCUT2D eigenvalue weighted by Gasteiger charge is -2.30. The molecule has 0 aromatic carbocycles. The largest absolute Gasteiger partial charge is 0.390 e. The zero-order valence-corrected chi connectivity index (χ0v) is 9.93. The summed E-state index contributed by atoms with van der Waals surface area (Å²) in [5, 5.41) is 10.2. The van der Waals surface area contributed by atoms with Gasteiger partial charge in [-0.15, -0.1) is 0 Å². The van der Waals surface area contributed by atoms with E-state index in [0.717, 1.165) is 44.9 Å². The second-order valence-corrected chi connectivity index (χ2v) is 7.53. The van der Waals surface area contributed by atoms with Crippen LogP contribution in [0.25, 0.3) is 0 Å². The number of sulfone groups is 1. The molecule has 0 unspecified atom stereocenters. The molecule has 3 nitrogen and oxygen atoms in total. The van der Waals surface area contributed by atoms with Crippen LogP contribution in [0, 0.1) is 5.92 Å². The molecule has 2 fully saturated rings. The summed E-state index contributed by atoms with van der Waals surface area (Å²) in [5.74, 6) is 1.08. The van der Waals surface area contributed by atoms with Gasteiger partial charge >= 0.3 is 0 Å². The highest BCUT2D eigenvalue weighted by Crippen LogP contribution is 2.37. The minimum atomic E-state index is -2.75. The highest BCUT2D eigenvalue weighted by atomic mass is 32.2. The van der Waals surface area contributed by atoms with Gasteiger partial charge in [0.05, 0.1) is 17.1 Å². The van der Waals surface area contributed by atoms with Gasteiger partial charge in [-0.2, -0.15) is 0 Å². The highest BCUT2D eigenvalue weighted by molar-refractivity contribution is 7.91. The van der Waals surface area contributed by atoms with Gasteiger partial charge < -0.3 is 5.11 Å². The first-order valence-electron chi connectivity index (χ1n) is 5.92. The monoisotopic (exact) mass is 232 g/mol. The number of rotatable bonds is 2. The summed E-state index contributed by atoms with van der Waals surface area (Å²) in [5.41, 5.74) is -0.466. The van der Waals surface area contributed by atoms with Gasteiger partial charge in [-0.1, -0.05) is 12.8 Å². The van der Waals surface area contributed by atoms with Crippen LogP contribution in [0.4, 0.5) is 0 Å². The molecule has 0 bridgehead atoms. The zero-order valence-electron chi connectivity index (χ0n) is 9.11. The molecule has 4 heteroatoms. The van der Waals surface area contributed by atoms with Crippen molar-refractivity contribution in [3.05, 3.63) is 0 Å². The molecule has 2 rings (SSSR count). The van der Waals surface area contributed by atoms with E-state index in [4.69, 9.17) is 0 Å². The molecule has 1 saturated heterocycles. The quantitative estimate of drug-likeness (QED) is 0.785. The SMILES string of the molecule is O=S1(=O)CCC(CC2(O)CCCC2)CC1. The van der Waals surface area contributed by atoms with Crippen LogP contribution >= 0.6 is 0 Å². The van der Waals surface area contributed by atoms with Crippen molar-refractivity contribution < 1.29 is 13.5 Å². The third-order valence-electron chi connectivity index (χ3n) is 3.88. The van der Waals surface area contributed by atoms with Crippen LogP contribution in [-0.4, -0.2) is 30.6 Å². The van der Waals surface area contributed by atoms with Gasteiger partial charge in [0.25, 0.3) is 0 Å². The van der Waals surface area contributed by atoms with E-state index in [2.05, 4.69) is 0 Å². The van der Waals surface area contributed by atoms with Gasteiger partial charge in [0.1, 0.15) is 9.84 Å². The van der Waals surface area contributed by atoms with Crippen LogP contribution in [-0.2, 0) is 9.84 Å². The second kappa shape index (κ2) is 4.06. The predicted molar refractivity (Wildman–Crippen MR) is 59.4 cm³/mol. The number of aliphatic hydroxyl groups is 1. The van der Waals surface area contributed by atoms with Crippen LogP contribution in [0.5, 0.6) is 0 Å². The van der Waals surface area contributed by atoms with Crippen molar-refractivity contribution in [3.8, 4) is 0 Å². The Morgan fingerprint density at radius 2 is 1.67 bits per heavy atom. The topological polar surface area (TPSA) is 54.4 Å². The molecule has 15 heavy (non-hydrogen) atoms. The fourth-order valence-corrected chi connectivity index (χ4v) is 4.51. The van der Waals surface area contributed by atoms with Crippen LogP contribution in [0.15, 0.2) is 0 Å². The maximum absolute atomic E-state index is 11.3. The number of hydrogen-bond donors (Lipinski definition) is 1. The lowest BCUT2D eigenvalue weighted by Crippen LogP contribution is -2.32. The van der Waals surface area contributed by atoms with Gasteiger partial charge in [0, 0.05) is 0 Å². The van der Waals surface area contributed by atoms with Crippen LogP contribution in [0.1, 0.15) is 44.9 Å². The Morgan fingerprint density at radius 1 is 1.13 bits per heavy atom. The van der Waals surface area contributed by atoms with E-state index in [1.807, 2.05) is 0 Å². The highest BCUT2D eigenvalue weighted by Gasteiger charge is 2.35. The number of hydrogen-bond acceptors (Lipinski definition) is 3. The summed E-state index contributed by atoms with van der Waals surface area (Å²) < 4.78 is 22.5. The molecule has 1 aliphatic carbocycles. The first kappa shape index (κ1) is 11.4. The minimum absolute atomic E-state index is 0.327. The zero-order chi connectivity index (χ0) is 10.9. The molecule has 0 radical (unpaired) electrons. The van der Waals surface area contributed by atoms with E-state index in [-0.39, 0.29) is 0 Å². The second-order valence-electron chi connectivity index (χ2n) is 5.23. The molecule has 0 spiro atoms.